The number of nitrogens with one attached hydrogen (secondary N) is 1. The van der Waals surface area contributed by atoms with Crippen molar-refractivity contribution in [1.82, 2.24) is 4.98 Å². The molecule has 1 heterocycles. The van der Waals surface area contributed by atoms with Gasteiger partial charge in [-0.05, 0) is 35.9 Å². The Labute approximate surface area is 131 Å². The number of nitriles is 1. The highest BCUT2D eigenvalue weighted by Crippen LogP contribution is 2.25. The number of anilines is 1. The van der Waals surface area contributed by atoms with E-state index in [2.05, 4.69) is 16.4 Å². The summed E-state index contributed by atoms with van der Waals surface area (Å²) in [6.45, 7) is 0. The fourth-order valence-electron chi connectivity index (χ4n) is 1.91. The van der Waals surface area contributed by atoms with Gasteiger partial charge in [0, 0.05) is 6.08 Å². The maximum absolute atomic E-state index is 11.9. The van der Waals surface area contributed by atoms with Gasteiger partial charge in [0.05, 0.1) is 21.8 Å². The van der Waals surface area contributed by atoms with Crippen LogP contribution in [0.4, 0.5) is 5.13 Å². The molecule has 0 saturated heterocycles. The first-order valence-corrected chi connectivity index (χ1v) is 7.41. The van der Waals surface area contributed by atoms with Crippen molar-refractivity contribution in [3.05, 3.63) is 65.7 Å². The van der Waals surface area contributed by atoms with E-state index < -0.39 is 0 Å². The minimum atomic E-state index is -0.233. The molecule has 1 aromatic heterocycles. The SMILES string of the molecule is N#Cc1ccc(/C=C/C(=O)Nc2nc3ccccc3s2)cc1. The molecular formula is C17H11N3OS. The number of hydrogen-bond acceptors (Lipinski definition) is 4. The monoisotopic (exact) mass is 305 g/mol. The molecule has 1 N–H and O–H groups in total. The Bertz CT molecular complexity index is 855. The predicted molar refractivity (Wildman–Crippen MR) is 88.4 cm³/mol. The van der Waals surface area contributed by atoms with Crippen LogP contribution in [0, 0.1) is 11.3 Å². The van der Waals surface area contributed by atoms with Crippen LogP contribution in [-0.4, -0.2) is 10.9 Å². The van der Waals surface area contributed by atoms with Crippen LogP contribution in [0.5, 0.6) is 0 Å². The van der Waals surface area contributed by atoms with Crippen LogP contribution in [0.3, 0.4) is 0 Å². The Kier molecular flexibility index (Phi) is 3.95. The summed E-state index contributed by atoms with van der Waals surface area (Å²) in [4.78, 5) is 16.2. The van der Waals surface area contributed by atoms with Gasteiger partial charge in [0.15, 0.2) is 5.13 Å². The number of benzene rings is 2. The van der Waals surface area contributed by atoms with E-state index in [4.69, 9.17) is 5.26 Å². The van der Waals surface area contributed by atoms with Crippen molar-refractivity contribution in [3.63, 3.8) is 0 Å². The molecule has 0 aliphatic carbocycles. The number of amides is 1. The second-order valence-corrected chi connectivity index (χ2v) is 5.57. The van der Waals surface area contributed by atoms with Crippen molar-refractivity contribution in [3.8, 4) is 6.07 Å². The van der Waals surface area contributed by atoms with Crippen molar-refractivity contribution < 1.29 is 4.79 Å². The number of carbonyl (C=O) groups is 1. The van der Waals surface area contributed by atoms with Crippen LogP contribution in [0.1, 0.15) is 11.1 Å². The molecule has 4 nitrogen and oxygen atoms in total. The Morgan fingerprint density at radius 1 is 1.18 bits per heavy atom. The third kappa shape index (κ3) is 3.19. The first-order chi connectivity index (χ1) is 10.7. The van der Waals surface area contributed by atoms with Gasteiger partial charge < -0.3 is 0 Å². The Balaban J connectivity index is 1.68. The van der Waals surface area contributed by atoms with Gasteiger partial charge in [0.1, 0.15) is 0 Å². The number of thiazole rings is 1. The molecule has 0 radical (unpaired) electrons. The highest BCUT2D eigenvalue weighted by Gasteiger charge is 2.04. The third-order valence-corrected chi connectivity index (χ3v) is 3.94. The van der Waals surface area contributed by atoms with E-state index >= 15 is 0 Å². The summed E-state index contributed by atoms with van der Waals surface area (Å²) >= 11 is 1.44. The van der Waals surface area contributed by atoms with Gasteiger partial charge in [0.25, 0.3) is 0 Å². The fraction of sp³-hybridized carbons (Fsp3) is 0. The highest BCUT2D eigenvalue weighted by molar-refractivity contribution is 7.22. The molecule has 3 rings (SSSR count). The zero-order valence-corrected chi connectivity index (χ0v) is 12.3. The molecule has 5 heteroatoms. The first kappa shape index (κ1) is 14.0. The maximum Gasteiger partial charge on any atom is 0.250 e. The van der Waals surface area contributed by atoms with E-state index in [1.807, 2.05) is 24.3 Å². The van der Waals surface area contributed by atoms with Gasteiger partial charge in [0.2, 0.25) is 5.91 Å². The molecule has 106 valence electrons. The molecular weight excluding hydrogens is 294 g/mol. The van der Waals surface area contributed by atoms with Crippen molar-refractivity contribution in [1.29, 1.82) is 5.26 Å². The molecule has 2 aromatic carbocycles. The summed E-state index contributed by atoms with van der Waals surface area (Å²) in [5.41, 5.74) is 2.33. The molecule has 3 aromatic rings. The number of carbonyl (C=O) groups excluding carboxylic acids is 1. The van der Waals surface area contributed by atoms with Gasteiger partial charge in [-0.1, -0.05) is 35.6 Å². The maximum atomic E-state index is 11.9. The standard InChI is InChI=1S/C17H11N3OS/c18-11-13-7-5-12(6-8-13)9-10-16(21)20-17-19-14-3-1-2-4-15(14)22-17/h1-10H,(H,19,20,21)/b10-9+. The van der Waals surface area contributed by atoms with E-state index in [0.29, 0.717) is 10.7 Å². The predicted octanol–water partition coefficient (Wildman–Crippen LogP) is 3.82. The first-order valence-electron chi connectivity index (χ1n) is 6.59. The quantitative estimate of drug-likeness (QED) is 0.748. The van der Waals surface area contributed by atoms with Crippen molar-refractivity contribution >= 4 is 38.7 Å². The molecule has 22 heavy (non-hydrogen) atoms. The topological polar surface area (TPSA) is 65.8 Å². The molecule has 0 aliphatic heterocycles. The lowest BCUT2D eigenvalue weighted by Crippen LogP contribution is -2.07. The van der Waals surface area contributed by atoms with Crippen LogP contribution < -0.4 is 5.32 Å². The number of rotatable bonds is 3. The van der Waals surface area contributed by atoms with Gasteiger partial charge >= 0.3 is 0 Å². The Hall–Kier alpha value is -2.97. The van der Waals surface area contributed by atoms with Crippen LogP contribution in [0.25, 0.3) is 16.3 Å². The van der Waals surface area contributed by atoms with Gasteiger partial charge in [-0.15, -0.1) is 0 Å². The summed E-state index contributed by atoms with van der Waals surface area (Å²) in [6.07, 6.45) is 3.15. The molecule has 1 amide bonds. The van der Waals surface area contributed by atoms with Crippen molar-refractivity contribution in [2.45, 2.75) is 0 Å². The zero-order valence-electron chi connectivity index (χ0n) is 11.5. The molecule has 0 atom stereocenters. The van der Waals surface area contributed by atoms with E-state index in [1.54, 1.807) is 30.3 Å². The van der Waals surface area contributed by atoms with E-state index in [1.165, 1.54) is 17.4 Å². The third-order valence-electron chi connectivity index (χ3n) is 2.99. The summed E-state index contributed by atoms with van der Waals surface area (Å²) in [7, 11) is 0. The molecule has 0 spiro atoms. The fourth-order valence-corrected chi connectivity index (χ4v) is 2.78. The normalized spacial score (nSPS) is 10.7. The summed E-state index contributed by atoms with van der Waals surface area (Å²) in [5.74, 6) is -0.233. The summed E-state index contributed by atoms with van der Waals surface area (Å²) in [5, 5.41) is 12.1. The zero-order chi connectivity index (χ0) is 15.4. The summed E-state index contributed by atoms with van der Waals surface area (Å²) < 4.78 is 1.04. The number of hydrogen-bond donors (Lipinski definition) is 1. The number of nitrogens with zero attached hydrogens (tertiary/aromatic N) is 2. The average Bonchev–Trinajstić information content (AvgIpc) is 2.95. The Morgan fingerprint density at radius 2 is 1.95 bits per heavy atom. The lowest BCUT2D eigenvalue weighted by atomic mass is 10.1. The van der Waals surface area contributed by atoms with Crippen LogP contribution in [-0.2, 0) is 4.79 Å². The van der Waals surface area contributed by atoms with Crippen LogP contribution in [0.2, 0.25) is 0 Å². The van der Waals surface area contributed by atoms with Crippen molar-refractivity contribution in [2.24, 2.45) is 0 Å². The minimum Gasteiger partial charge on any atom is -0.298 e. The van der Waals surface area contributed by atoms with Crippen LogP contribution in [0.15, 0.2) is 54.6 Å². The van der Waals surface area contributed by atoms with Gasteiger partial charge in [-0.3, -0.25) is 10.1 Å². The van der Waals surface area contributed by atoms with E-state index in [0.717, 1.165) is 15.8 Å². The number of fused-ring (bicyclic) bond motifs is 1. The second kappa shape index (κ2) is 6.20. The number of aromatic nitrogens is 1. The largest absolute Gasteiger partial charge is 0.298 e. The van der Waals surface area contributed by atoms with Crippen LogP contribution >= 0.6 is 11.3 Å². The van der Waals surface area contributed by atoms with E-state index in [9.17, 15) is 4.79 Å². The smallest absolute Gasteiger partial charge is 0.250 e. The molecule has 0 saturated carbocycles. The number of para-hydroxylation sites is 1. The molecule has 0 aliphatic rings. The molecule has 0 unspecified atom stereocenters. The second-order valence-electron chi connectivity index (χ2n) is 4.54. The van der Waals surface area contributed by atoms with Gasteiger partial charge in [-0.2, -0.15) is 5.26 Å². The molecule has 0 fully saturated rings. The molecule has 0 bridgehead atoms. The average molecular weight is 305 g/mol. The Morgan fingerprint density at radius 3 is 2.68 bits per heavy atom. The van der Waals surface area contributed by atoms with E-state index in [-0.39, 0.29) is 5.91 Å². The lowest BCUT2D eigenvalue weighted by Gasteiger charge is -1.96. The lowest BCUT2D eigenvalue weighted by molar-refractivity contribution is -0.111. The summed E-state index contributed by atoms with van der Waals surface area (Å²) in [6, 6.07) is 16.8. The van der Waals surface area contributed by atoms with Gasteiger partial charge in [-0.25, -0.2) is 4.98 Å². The minimum absolute atomic E-state index is 0.233. The van der Waals surface area contributed by atoms with Crippen molar-refractivity contribution in [2.75, 3.05) is 5.32 Å². The highest BCUT2D eigenvalue weighted by atomic mass is 32.1.